The number of esters is 1. The van der Waals surface area contributed by atoms with Gasteiger partial charge in [-0.05, 0) is 19.9 Å². The number of rotatable bonds is 9. The molecule has 23 heavy (non-hydrogen) atoms. The van der Waals surface area contributed by atoms with Crippen LogP contribution in [0.5, 0.6) is 11.5 Å². The Balaban J connectivity index is 3.45. The van der Waals surface area contributed by atoms with Gasteiger partial charge in [0.15, 0.2) is 0 Å². The van der Waals surface area contributed by atoms with Crippen molar-refractivity contribution in [3.05, 3.63) is 17.7 Å². The summed E-state index contributed by atoms with van der Waals surface area (Å²) in [6, 6.07) is 2.51. The zero-order chi connectivity index (χ0) is 17.5. The van der Waals surface area contributed by atoms with Crippen LogP contribution in [-0.2, 0) is 19.5 Å². The van der Waals surface area contributed by atoms with E-state index in [1.165, 1.54) is 26.4 Å². The third kappa shape index (κ3) is 4.81. The third-order valence-electron chi connectivity index (χ3n) is 2.74. The van der Waals surface area contributed by atoms with E-state index in [9.17, 15) is 13.2 Å². The fourth-order valence-electron chi connectivity index (χ4n) is 1.77. The molecule has 0 fully saturated rings. The highest BCUT2D eigenvalue weighted by molar-refractivity contribution is 7.89. The first kappa shape index (κ1) is 19.2. The van der Waals surface area contributed by atoms with Crippen molar-refractivity contribution in [2.75, 3.05) is 34.2 Å². The summed E-state index contributed by atoms with van der Waals surface area (Å²) in [6.45, 7) is 3.63. The normalized spacial score (nSPS) is 11.1. The minimum absolute atomic E-state index is 0.00675. The molecule has 0 radical (unpaired) electrons. The molecule has 0 amide bonds. The van der Waals surface area contributed by atoms with Gasteiger partial charge < -0.3 is 18.9 Å². The van der Waals surface area contributed by atoms with Crippen molar-refractivity contribution in [2.24, 2.45) is 0 Å². The summed E-state index contributed by atoms with van der Waals surface area (Å²) in [7, 11) is -1.26. The Morgan fingerprint density at radius 2 is 1.83 bits per heavy atom. The summed E-state index contributed by atoms with van der Waals surface area (Å²) in [5.41, 5.74) is 0.00675. The monoisotopic (exact) mass is 347 g/mol. The van der Waals surface area contributed by atoms with E-state index in [4.69, 9.17) is 18.9 Å². The highest BCUT2D eigenvalue weighted by Crippen LogP contribution is 2.32. The molecule has 0 saturated heterocycles. The summed E-state index contributed by atoms with van der Waals surface area (Å²) in [4.78, 5) is 11.8. The number of carbonyl (C=O) groups is 1. The second-order valence-corrected chi connectivity index (χ2v) is 5.97. The molecule has 0 aromatic heterocycles. The second-order valence-electron chi connectivity index (χ2n) is 4.23. The topological polar surface area (TPSA) is 100 Å². The minimum atomic E-state index is -3.93. The van der Waals surface area contributed by atoms with Crippen molar-refractivity contribution in [1.82, 2.24) is 4.72 Å². The van der Waals surface area contributed by atoms with E-state index in [0.29, 0.717) is 6.61 Å². The highest BCUT2D eigenvalue weighted by Gasteiger charge is 2.25. The molecule has 0 aliphatic rings. The van der Waals surface area contributed by atoms with E-state index < -0.39 is 16.0 Å². The number of hydrogen-bond acceptors (Lipinski definition) is 7. The van der Waals surface area contributed by atoms with Crippen molar-refractivity contribution in [3.8, 4) is 11.5 Å². The smallest absolute Gasteiger partial charge is 0.341 e. The van der Waals surface area contributed by atoms with Gasteiger partial charge in [0.2, 0.25) is 10.0 Å². The molecule has 9 heteroatoms. The maximum atomic E-state index is 12.3. The molecule has 0 atom stereocenters. The summed E-state index contributed by atoms with van der Waals surface area (Å²) in [6.07, 6.45) is 0. The van der Waals surface area contributed by atoms with Crippen LogP contribution >= 0.6 is 0 Å². The Hall–Kier alpha value is -1.84. The van der Waals surface area contributed by atoms with Crippen molar-refractivity contribution < 1.29 is 32.2 Å². The molecule has 1 rings (SSSR count). The van der Waals surface area contributed by atoms with Gasteiger partial charge >= 0.3 is 5.97 Å². The van der Waals surface area contributed by atoms with E-state index in [0.717, 1.165) is 0 Å². The fourth-order valence-corrected chi connectivity index (χ4v) is 2.88. The molecule has 0 spiro atoms. The van der Waals surface area contributed by atoms with E-state index in [2.05, 4.69) is 4.72 Å². The third-order valence-corrected chi connectivity index (χ3v) is 4.14. The van der Waals surface area contributed by atoms with E-state index in [1.54, 1.807) is 13.8 Å². The van der Waals surface area contributed by atoms with Crippen LogP contribution in [0.25, 0.3) is 0 Å². The molecule has 0 saturated carbocycles. The van der Waals surface area contributed by atoms with Crippen LogP contribution in [0.3, 0.4) is 0 Å². The number of methoxy groups -OCH3 is 2. The summed E-state index contributed by atoms with van der Waals surface area (Å²) >= 11 is 0. The van der Waals surface area contributed by atoms with Crippen LogP contribution in [-0.4, -0.2) is 48.6 Å². The second kappa shape index (κ2) is 8.70. The Morgan fingerprint density at radius 1 is 1.13 bits per heavy atom. The Kier molecular flexibility index (Phi) is 7.27. The Morgan fingerprint density at radius 3 is 2.35 bits per heavy atom. The van der Waals surface area contributed by atoms with Gasteiger partial charge in [0.25, 0.3) is 0 Å². The number of sulfonamides is 1. The van der Waals surface area contributed by atoms with Gasteiger partial charge in [-0.1, -0.05) is 0 Å². The first-order valence-corrected chi connectivity index (χ1v) is 8.40. The van der Waals surface area contributed by atoms with Crippen molar-refractivity contribution in [3.63, 3.8) is 0 Å². The van der Waals surface area contributed by atoms with Gasteiger partial charge in [0, 0.05) is 13.2 Å². The van der Waals surface area contributed by atoms with Gasteiger partial charge in [-0.2, -0.15) is 4.72 Å². The number of benzene rings is 1. The number of carbonyl (C=O) groups excluding carboxylic acids is 1. The average molecular weight is 347 g/mol. The van der Waals surface area contributed by atoms with Gasteiger partial charge in [-0.15, -0.1) is 0 Å². The van der Waals surface area contributed by atoms with Crippen molar-refractivity contribution in [1.29, 1.82) is 0 Å². The minimum Gasteiger partial charge on any atom is -0.495 e. The SMILES string of the molecule is CCOC(=O)c1cc(S(=O)(=O)NCOC)c(OC)cc1OCC. The average Bonchev–Trinajstić information content (AvgIpc) is 2.52. The molecule has 0 aliphatic heterocycles. The van der Waals surface area contributed by atoms with Crippen LogP contribution in [0.4, 0.5) is 0 Å². The van der Waals surface area contributed by atoms with E-state index >= 15 is 0 Å². The maximum Gasteiger partial charge on any atom is 0.341 e. The highest BCUT2D eigenvalue weighted by atomic mass is 32.2. The van der Waals surface area contributed by atoms with Gasteiger partial charge in [-0.3, -0.25) is 0 Å². The molecule has 0 bridgehead atoms. The van der Waals surface area contributed by atoms with E-state index in [-0.39, 0.29) is 35.3 Å². The lowest BCUT2D eigenvalue weighted by molar-refractivity contribution is 0.0521. The van der Waals surface area contributed by atoms with Crippen LogP contribution in [0.15, 0.2) is 17.0 Å². The standard InChI is InChI=1S/C14H21NO7S/c1-5-21-11-8-12(20-4)13(23(17,18)15-9-19-3)7-10(11)14(16)22-6-2/h7-8,15H,5-6,9H2,1-4H3. The maximum absolute atomic E-state index is 12.3. The van der Waals surface area contributed by atoms with E-state index in [1.807, 2.05) is 0 Å². The van der Waals surface area contributed by atoms with Crippen LogP contribution in [0.2, 0.25) is 0 Å². The molecule has 1 aromatic carbocycles. The summed E-state index contributed by atoms with van der Waals surface area (Å²) < 4.78 is 47.0. The lowest BCUT2D eigenvalue weighted by Crippen LogP contribution is -2.26. The van der Waals surface area contributed by atoms with Crippen LogP contribution < -0.4 is 14.2 Å². The number of hydrogen-bond donors (Lipinski definition) is 1. The first-order valence-electron chi connectivity index (χ1n) is 6.91. The quantitative estimate of drug-likeness (QED) is 0.528. The van der Waals surface area contributed by atoms with Gasteiger partial charge in [0.1, 0.15) is 28.7 Å². The largest absolute Gasteiger partial charge is 0.495 e. The lowest BCUT2D eigenvalue weighted by atomic mass is 10.2. The summed E-state index contributed by atoms with van der Waals surface area (Å²) in [5.74, 6) is -0.444. The Bertz CT molecular complexity index is 643. The molecule has 130 valence electrons. The van der Waals surface area contributed by atoms with Gasteiger partial charge in [0.05, 0.1) is 20.3 Å². The molecule has 1 N–H and O–H groups in total. The zero-order valence-electron chi connectivity index (χ0n) is 13.5. The predicted molar refractivity (Wildman–Crippen MR) is 82.3 cm³/mol. The molecular weight excluding hydrogens is 326 g/mol. The fraction of sp³-hybridized carbons (Fsp3) is 0.500. The van der Waals surface area contributed by atoms with Crippen LogP contribution in [0, 0.1) is 0 Å². The molecule has 0 unspecified atom stereocenters. The van der Waals surface area contributed by atoms with Crippen molar-refractivity contribution >= 4 is 16.0 Å². The zero-order valence-corrected chi connectivity index (χ0v) is 14.4. The first-order chi connectivity index (χ1) is 10.9. The van der Waals surface area contributed by atoms with Crippen LogP contribution in [0.1, 0.15) is 24.2 Å². The lowest BCUT2D eigenvalue weighted by Gasteiger charge is -2.15. The van der Waals surface area contributed by atoms with Gasteiger partial charge in [-0.25, -0.2) is 13.2 Å². The molecule has 8 nitrogen and oxygen atoms in total. The molecular formula is C14H21NO7S. The molecule has 0 heterocycles. The number of ether oxygens (including phenoxy) is 4. The molecule has 0 aliphatic carbocycles. The van der Waals surface area contributed by atoms with Crippen molar-refractivity contribution in [2.45, 2.75) is 18.7 Å². The number of nitrogens with one attached hydrogen (secondary N) is 1. The molecule has 1 aromatic rings. The summed E-state index contributed by atoms with van der Waals surface area (Å²) in [5, 5.41) is 0. The Labute approximate surface area is 135 Å². The predicted octanol–water partition coefficient (Wildman–Crippen LogP) is 1.15.